The van der Waals surface area contributed by atoms with Crippen LogP contribution < -0.4 is 10.9 Å². The maximum absolute atomic E-state index is 11.3. The number of ether oxygens (including phenoxy) is 1. The molecule has 0 aliphatic rings. The van der Waals surface area contributed by atoms with Gasteiger partial charge in [-0.05, 0) is 13.3 Å². The van der Waals surface area contributed by atoms with Gasteiger partial charge < -0.3 is 4.74 Å². The summed E-state index contributed by atoms with van der Waals surface area (Å²) in [6.07, 6.45) is 1.58. The molecule has 0 aromatic heterocycles. The van der Waals surface area contributed by atoms with Crippen molar-refractivity contribution in [3.8, 4) is 0 Å². The summed E-state index contributed by atoms with van der Waals surface area (Å²) in [5.74, 6) is -0.362. The van der Waals surface area contributed by atoms with Crippen molar-refractivity contribution in [1.29, 1.82) is 0 Å². The van der Waals surface area contributed by atoms with Gasteiger partial charge in [0, 0.05) is 26.6 Å². The van der Waals surface area contributed by atoms with Crippen LogP contribution in [0.5, 0.6) is 0 Å². The van der Waals surface area contributed by atoms with Crippen molar-refractivity contribution in [3.63, 3.8) is 0 Å². The van der Waals surface area contributed by atoms with E-state index in [0.717, 1.165) is 6.26 Å². The molecule has 0 aliphatic heterocycles. The molecule has 2 amide bonds. The van der Waals surface area contributed by atoms with Gasteiger partial charge in [-0.25, -0.2) is 12.7 Å². The molecular formula is C10H21N3O5S. The summed E-state index contributed by atoms with van der Waals surface area (Å²) in [5, 5.41) is 0. The van der Waals surface area contributed by atoms with E-state index >= 15 is 0 Å². The largest absolute Gasteiger partial charge is 0.377 e. The Morgan fingerprint density at radius 2 is 2.11 bits per heavy atom. The molecule has 0 heterocycles. The minimum absolute atomic E-state index is 0.128. The van der Waals surface area contributed by atoms with Gasteiger partial charge in [0.15, 0.2) is 0 Å². The van der Waals surface area contributed by atoms with Crippen LogP contribution in [-0.4, -0.2) is 57.6 Å². The Kier molecular flexibility index (Phi) is 8.28. The van der Waals surface area contributed by atoms with Gasteiger partial charge in [-0.15, -0.1) is 0 Å². The zero-order chi connectivity index (χ0) is 14.9. The van der Waals surface area contributed by atoms with Gasteiger partial charge in [0.2, 0.25) is 22.3 Å². The number of hydrogen-bond acceptors (Lipinski definition) is 5. The maximum atomic E-state index is 11.3. The topological polar surface area (TPSA) is 105 Å². The minimum Gasteiger partial charge on any atom is -0.377 e. The molecule has 112 valence electrons. The smallest absolute Gasteiger partial charge is 0.238 e. The van der Waals surface area contributed by atoms with Crippen molar-refractivity contribution in [2.75, 3.05) is 26.5 Å². The van der Waals surface area contributed by atoms with E-state index < -0.39 is 10.0 Å². The normalized spacial score (nSPS) is 13.1. The Bertz CT molecular complexity index is 385. The van der Waals surface area contributed by atoms with Crippen LogP contribution in [-0.2, 0) is 24.3 Å². The van der Waals surface area contributed by atoms with Crippen LogP contribution in [0.3, 0.4) is 0 Å². The van der Waals surface area contributed by atoms with Crippen LogP contribution in [0, 0.1) is 0 Å². The first kappa shape index (κ1) is 17.8. The standard InChI is InChI=1S/C10H21N3O5S/c1-4-18-9(7-13(2)19(3,16)17)5-6-10(15)12-11-8-14/h8-9H,4-7H2,1-3H3,(H,11,14)(H,12,15)/t9-/m0/s1. The molecule has 0 aromatic rings. The van der Waals surface area contributed by atoms with Crippen molar-refractivity contribution in [2.24, 2.45) is 0 Å². The van der Waals surface area contributed by atoms with Crippen molar-refractivity contribution in [1.82, 2.24) is 15.2 Å². The Labute approximate surface area is 113 Å². The first-order chi connectivity index (χ1) is 8.81. The Morgan fingerprint density at radius 3 is 2.58 bits per heavy atom. The lowest BCUT2D eigenvalue weighted by Crippen LogP contribution is -2.38. The molecule has 0 fully saturated rings. The first-order valence-electron chi connectivity index (χ1n) is 5.82. The van der Waals surface area contributed by atoms with Crippen LogP contribution in [0.1, 0.15) is 19.8 Å². The van der Waals surface area contributed by atoms with E-state index in [1.807, 2.05) is 5.43 Å². The molecule has 0 radical (unpaired) electrons. The van der Waals surface area contributed by atoms with Gasteiger partial charge in [-0.2, -0.15) is 0 Å². The molecule has 9 heteroatoms. The summed E-state index contributed by atoms with van der Waals surface area (Å²) < 4.78 is 29.1. The zero-order valence-corrected chi connectivity index (χ0v) is 12.2. The fraction of sp³-hybridized carbons (Fsp3) is 0.800. The van der Waals surface area contributed by atoms with E-state index in [2.05, 4.69) is 5.43 Å². The van der Waals surface area contributed by atoms with Crippen LogP contribution in [0.25, 0.3) is 0 Å². The van der Waals surface area contributed by atoms with Crippen molar-refractivity contribution in [2.45, 2.75) is 25.9 Å². The Hall–Kier alpha value is -1.19. The van der Waals surface area contributed by atoms with Gasteiger partial charge in [0.1, 0.15) is 0 Å². The molecule has 0 spiro atoms. The van der Waals surface area contributed by atoms with Crippen LogP contribution in [0.15, 0.2) is 0 Å². The molecule has 0 unspecified atom stereocenters. The van der Waals surface area contributed by atoms with Crippen LogP contribution in [0.2, 0.25) is 0 Å². The quantitative estimate of drug-likeness (QED) is 0.391. The van der Waals surface area contributed by atoms with E-state index in [9.17, 15) is 18.0 Å². The summed E-state index contributed by atoms with van der Waals surface area (Å²) in [7, 11) is -1.82. The van der Waals surface area contributed by atoms with Gasteiger partial charge in [-0.1, -0.05) is 0 Å². The average molecular weight is 295 g/mol. The molecule has 0 bridgehead atoms. The molecule has 0 aromatic carbocycles. The van der Waals surface area contributed by atoms with E-state index in [1.165, 1.54) is 11.4 Å². The number of sulfonamides is 1. The van der Waals surface area contributed by atoms with E-state index in [0.29, 0.717) is 19.4 Å². The molecule has 0 saturated heterocycles. The van der Waals surface area contributed by atoms with Crippen molar-refractivity contribution in [3.05, 3.63) is 0 Å². The predicted molar refractivity (Wildman–Crippen MR) is 69.5 cm³/mol. The summed E-state index contributed by atoms with van der Waals surface area (Å²) in [6, 6.07) is 0. The molecule has 0 saturated carbocycles. The predicted octanol–water partition coefficient (Wildman–Crippen LogP) is -1.16. The number of amides is 2. The number of carbonyl (C=O) groups is 2. The van der Waals surface area contributed by atoms with Gasteiger partial charge in [0.25, 0.3) is 0 Å². The van der Waals surface area contributed by atoms with Gasteiger partial charge in [0.05, 0.1) is 12.4 Å². The van der Waals surface area contributed by atoms with Crippen molar-refractivity contribution < 1.29 is 22.7 Å². The SMILES string of the molecule is CCO[C@@H](CCC(=O)NNC=O)CN(C)S(C)(=O)=O. The third-order valence-corrected chi connectivity index (χ3v) is 3.67. The second-order valence-corrected chi connectivity index (χ2v) is 6.06. The molecule has 8 nitrogen and oxygen atoms in total. The highest BCUT2D eigenvalue weighted by Gasteiger charge is 2.18. The van der Waals surface area contributed by atoms with Crippen molar-refractivity contribution >= 4 is 22.3 Å². The monoisotopic (exact) mass is 295 g/mol. The van der Waals surface area contributed by atoms with Crippen LogP contribution in [0.4, 0.5) is 0 Å². The zero-order valence-electron chi connectivity index (χ0n) is 11.4. The highest BCUT2D eigenvalue weighted by atomic mass is 32.2. The lowest BCUT2D eigenvalue weighted by molar-refractivity contribution is -0.125. The maximum Gasteiger partial charge on any atom is 0.238 e. The molecular weight excluding hydrogens is 274 g/mol. The third-order valence-electron chi connectivity index (χ3n) is 2.39. The fourth-order valence-corrected chi connectivity index (χ4v) is 1.79. The van der Waals surface area contributed by atoms with Gasteiger partial charge >= 0.3 is 0 Å². The number of nitrogens with zero attached hydrogens (tertiary/aromatic N) is 1. The molecule has 19 heavy (non-hydrogen) atoms. The average Bonchev–Trinajstić information content (AvgIpc) is 2.32. The third kappa shape index (κ3) is 8.51. The number of carbonyl (C=O) groups excluding carboxylic acids is 2. The molecule has 0 rings (SSSR count). The van der Waals surface area contributed by atoms with Crippen LogP contribution >= 0.6 is 0 Å². The second-order valence-electron chi connectivity index (χ2n) is 3.97. The summed E-state index contributed by atoms with van der Waals surface area (Å²) in [5.41, 5.74) is 4.21. The summed E-state index contributed by atoms with van der Waals surface area (Å²) in [6.45, 7) is 2.40. The molecule has 0 aliphatic carbocycles. The number of rotatable bonds is 10. The van der Waals surface area contributed by atoms with E-state index in [4.69, 9.17) is 4.74 Å². The lowest BCUT2D eigenvalue weighted by Gasteiger charge is -2.22. The number of hydrogen-bond donors (Lipinski definition) is 2. The van der Waals surface area contributed by atoms with Gasteiger partial charge in [-0.3, -0.25) is 20.4 Å². The highest BCUT2D eigenvalue weighted by molar-refractivity contribution is 7.88. The molecule has 2 N–H and O–H groups in total. The first-order valence-corrected chi connectivity index (χ1v) is 7.67. The fourth-order valence-electron chi connectivity index (χ4n) is 1.35. The summed E-state index contributed by atoms with van der Waals surface area (Å²) >= 11 is 0. The van der Waals surface area contributed by atoms with E-state index in [1.54, 1.807) is 6.92 Å². The summed E-state index contributed by atoms with van der Waals surface area (Å²) in [4.78, 5) is 21.3. The minimum atomic E-state index is -3.27. The number of nitrogens with one attached hydrogen (secondary N) is 2. The highest BCUT2D eigenvalue weighted by Crippen LogP contribution is 2.06. The number of hydrazine groups is 1. The Balaban J connectivity index is 4.26. The Morgan fingerprint density at radius 1 is 1.47 bits per heavy atom. The molecule has 1 atom stereocenters. The lowest BCUT2D eigenvalue weighted by atomic mass is 10.2. The van der Waals surface area contributed by atoms with E-state index in [-0.39, 0.29) is 25.0 Å². The number of likely N-dealkylation sites (N-methyl/N-ethyl adjacent to an activating group) is 1. The second kappa shape index (κ2) is 8.83.